The fourth-order valence-electron chi connectivity index (χ4n) is 3.55. The first kappa shape index (κ1) is 12.4. The van der Waals surface area contributed by atoms with E-state index in [2.05, 4.69) is 15.5 Å². The van der Waals surface area contributed by atoms with E-state index in [1.54, 1.807) is 0 Å². The molecule has 1 fully saturated rings. The number of aryl methyl sites for hydroxylation is 1. The Hall–Kier alpha value is -2.30. The quantitative estimate of drug-likeness (QED) is 0.845. The van der Waals surface area contributed by atoms with Gasteiger partial charge >= 0.3 is 0 Å². The first-order chi connectivity index (χ1) is 10.2. The summed E-state index contributed by atoms with van der Waals surface area (Å²) in [6.07, 6.45) is 4.17. The Labute approximate surface area is 123 Å². The molecule has 4 rings (SSSR count). The summed E-state index contributed by atoms with van der Waals surface area (Å²) in [5, 5.41) is 10.9. The van der Waals surface area contributed by atoms with Gasteiger partial charge in [0.1, 0.15) is 5.66 Å². The van der Waals surface area contributed by atoms with Gasteiger partial charge in [-0.1, -0.05) is 12.1 Å². The number of para-hydroxylation sites is 1. The molecule has 5 nitrogen and oxygen atoms in total. The molecule has 21 heavy (non-hydrogen) atoms. The minimum Gasteiger partial charge on any atom is -0.362 e. The zero-order valence-corrected chi connectivity index (χ0v) is 12.0. The van der Waals surface area contributed by atoms with E-state index in [4.69, 9.17) is 0 Å². The smallest absolute Gasteiger partial charge is 0.263 e. The summed E-state index contributed by atoms with van der Waals surface area (Å²) in [6, 6.07) is 9.67. The van der Waals surface area contributed by atoms with Crippen molar-refractivity contribution in [2.24, 2.45) is 0 Å². The third-order valence-corrected chi connectivity index (χ3v) is 4.51. The summed E-state index contributed by atoms with van der Waals surface area (Å²) in [4.78, 5) is 14.9. The first-order valence-corrected chi connectivity index (χ1v) is 7.43. The van der Waals surface area contributed by atoms with Crippen LogP contribution < -0.4 is 10.2 Å². The van der Waals surface area contributed by atoms with Gasteiger partial charge in [0.2, 0.25) is 0 Å². The number of carbonyl (C=O) groups excluding carboxylic acids is 1. The van der Waals surface area contributed by atoms with Crippen molar-refractivity contribution >= 4 is 17.4 Å². The lowest BCUT2D eigenvalue weighted by molar-refractivity contribution is 0.0953. The molecule has 1 aliphatic carbocycles. The number of anilines is 2. The largest absolute Gasteiger partial charge is 0.362 e. The zero-order chi connectivity index (χ0) is 14.4. The number of benzene rings is 1. The molecule has 1 aromatic heterocycles. The van der Waals surface area contributed by atoms with E-state index in [1.165, 1.54) is 0 Å². The van der Waals surface area contributed by atoms with Crippen LogP contribution in [0.15, 0.2) is 30.3 Å². The third kappa shape index (κ3) is 1.77. The van der Waals surface area contributed by atoms with Crippen molar-refractivity contribution in [2.75, 3.05) is 10.2 Å². The van der Waals surface area contributed by atoms with Crippen LogP contribution in [-0.2, 0) is 0 Å². The first-order valence-electron chi connectivity index (χ1n) is 7.43. The number of nitrogens with one attached hydrogen (secondary N) is 2. The van der Waals surface area contributed by atoms with Gasteiger partial charge < -0.3 is 5.32 Å². The van der Waals surface area contributed by atoms with Crippen molar-refractivity contribution in [1.82, 2.24) is 10.2 Å². The molecular weight excluding hydrogens is 264 g/mol. The molecule has 0 radical (unpaired) electrons. The van der Waals surface area contributed by atoms with E-state index in [1.807, 2.05) is 42.2 Å². The molecule has 2 aliphatic rings. The number of rotatable bonds is 1. The number of hydrogen-bond acceptors (Lipinski definition) is 3. The zero-order valence-electron chi connectivity index (χ0n) is 12.0. The summed E-state index contributed by atoms with van der Waals surface area (Å²) >= 11 is 0. The molecule has 0 atom stereocenters. The van der Waals surface area contributed by atoms with Crippen molar-refractivity contribution < 1.29 is 4.79 Å². The van der Waals surface area contributed by atoms with Crippen molar-refractivity contribution in [2.45, 2.75) is 38.3 Å². The van der Waals surface area contributed by atoms with Crippen LogP contribution in [0, 0.1) is 6.92 Å². The van der Waals surface area contributed by atoms with Gasteiger partial charge in [0, 0.05) is 17.4 Å². The van der Waals surface area contributed by atoms with Crippen LogP contribution in [0.4, 0.5) is 11.5 Å². The highest BCUT2D eigenvalue weighted by Gasteiger charge is 2.47. The number of H-pyrrole nitrogens is 1. The number of aromatic nitrogens is 2. The SMILES string of the molecule is Cc1cc(N2C(=O)c3ccccc3NC23CCCC3)n[nH]1. The minimum absolute atomic E-state index is 0.0396. The van der Waals surface area contributed by atoms with Crippen molar-refractivity contribution in [1.29, 1.82) is 0 Å². The molecule has 2 N–H and O–H groups in total. The molecule has 0 unspecified atom stereocenters. The van der Waals surface area contributed by atoms with Gasteiger partial charge in [-0.15, -0.1) is 0 Å². The Morgan fingerprint density at radius 2 is 2.00 bits per heavy atom. The molecule has 1 aliphatic heterocycles. The Balaban J connectivity index is 1.88. The number of nitrogens with zero attached hydrogens (tertiary/aromatic N) is 2. The molecule has 0 bridgehead atoms. The maximum absolute atomic E-state index is 13.0. The second kappa shape index (κ2) is 4.35. The highest BCUT2D eigenvalue weighted by molar-refractivity contribution is 6.12. The van der Waals surface area contributed by atoms with Crippen LogP contribution in [0.25, 0.3) is 0 Å². The molecular formula is C16H18N4O. The van der Waals surface area contributed by atoms with Gasteiger partial charge in [0.05, 0.1) is 5.56 Å². The lowest BCUT2D eigenvalue weighted by Crippen LogP contribution is -2.59. The number of fused-ring (bicyclic) bond motifs is 1. The Bertz CT molecular complexity index is 700. The Kier molecular flexibility index (Phi) is 2.58. The van der Waals surface area contributed by atoms with Crippen LogP contribution in [0.2, 0.25) is 0 Å². The van der Waals surface area contributed by atoms with Crippen LogP contribution in [-0.4, -0.2) is 21.8 Å². The summed E-state index contributed by atoms with van der Waals surface area (Å²) in [5.74, 6) is 0.749. The van der Waals surface area contributed by atoms with Gasteiger partial charge in [0.25, 0.3) is 5.91 Å². The fourth-order valence-corrected chi connectivity index (χ4v) is 3.55. The second-order valence-electron chi connectivity index (χ2n) is 5.96. The lowest BCUT2D eigenvalue weighted by Gasteiger charge is -2.45. The molecule has 2 aromatic rings. The van der Waals surface area contributed by atoms with Crippen LogP contribution in [0.5, 0.6) is 0 Å². The summed E-state index contributed by atoms with van der Waals surface area (Å²) in [5.41, 5.74) is 2.29. The van der Waals surface area contributed by atoms with Crippen molar-refractivity contribution in [3.8, 4) is 0 Å². The van der Waals surface area contributed by atoms with E-state index in [0.29, 0.717) is 5.82 Å². The third-order valence-electron chi connectivity index (χ3n) is 4.51. The molecule has 1 spiro atoms. The van der Waals surface area contributed by atoms with E-state index in [9.17, 15) is 4.79 Å². The lowest BCUT2D eigenvalue weighted by atomic mass is 9.97. The number of carbonyl (C=O) groups is 1. The molecule has 1 saturated carbocycles. The Morgan fingerprint density at radius 1 is 1.24 bits per heavy atom. The monoisotopic (exact) mass is 282 g/mol. The van der Waals surface area contributed by atoms with E-state index in [-0.39, 0.29) is 11.6 Å². The van der Waals surface area contributed by atoms with Gasteiger partial charge in [-0.05, 0) is 44.7 Å². The van der Waals surface area contributed by atoms with Gasteiger partial charge in [-0.2, -0.15) is 5.10 Å². The predicted octanol–water partition coefficient (Wildman–Crippen LogP) is 3.06. The predicted molar refractivity (Wildman–Crippen MR) is 81.4 cm³/mol. The number of aromatic amines is 1. The average Bonchev–Trinajstić information content (AvgIpc) is 3.10. The number of amides is 1. The van der Waals surface area contributed by atoms with Crippen LogP contribution in [0.1, 0.15) is 41.7 Å². The fraction of sp³-hybridized carbons (Fsp3) is 0.375. The van der Waals surface area contributed by atoms with Crippen LogP contribution >= 0.6 is 0 Å². The highest BCUT2D eigenvalue weighted by Crippen LogP contribution is 2.43. The molecule has 5 heteroatoms. The van der Waals surface area contributed by atoms with Crippen LogP contribution in [0.3, 0.4) is 0 Å². The molecule has 2 heterocycles. The van der Waals surface area contributed by atoms with E-state index in [0.717, 1.165) is 42.6 Å². The van der Waals surface area contributed by atoms with Gasteiger partial charge in [-0.25, -0.2) is 0 Å². The number of hydrogen-bond donors (Lipinski definition) is 2. The molecule has 0 saturated heterocycles. The second-order valence-corrected chi connectivity index (χ2v) is 5.96. The summed E-state index contributed by atoms with van der Waals surface area (Å²) in [6.45, 7) is 1.95. The van der Waals surface area contributed by atoms with Gasteiger partial charge in [-0.3, -0.25) is 14.8 Å². The standard InChI is InChI=1S/C16H18N4O/c1-11-10-14(19-18-11)20-15(21)12-6-2-3-7-13(12)17-16(20)8-4-5-9-16/h2-3,6-7,10,17H,4-5,8-9H2,1H3,(H,18,19). The summed E-state index contributed by atoms with van der Waals surface area (Å²) in [7, 11) is 0. The molecule has 1 aromatic carbocycles. The maximum atomic E-state index is 13.0. The van der Waals surface area contributed by atoms with E-state index >= 15 is 0 Å². The molecule has 1 amide bonds. The maximum Gasteiger partial charge on any atom is 0.263 e. The minimum atomic E-state index is -0.326. The van der Waals surface area contributed by atoms with Crippen molar-refractivity contribution in [3.63, 3.8) is 0 Å². The topological polar surface area (TPSA) is 61.0 Å². The average molecular weight is 282 g/mol. The van der Waals surface area contributed by atoms with E-state index < -0.39 is 0 Å². The molecule has 108 valence electrons. The Morgan fingerprint density at radius 3 is 2.71 bits per heavy atom. The van der Waals surface area contributed by atoms with Gasteiger partial charge in [0.15, 0.2) is 5.82 Å². The van der Waals surface area contributed by atoms with Crippen molar-refractivity contribution in [3.05, 3.63) is 41.6 Å². The normalized spacial score (nSPS) is 19.7. The summed E-state index contributed by atoms with van der Waals surface area (Å²) < 4.78 is 0. The highest BCUT2D eigenvalue weighted by atomic mass is 16.2.